The maximum absolute atomic E-state index is 13.0. The van der Waals surface area contributed by atoms with E-state index in [1.165, 1.54) is 50.7 Å². The predicted octanol–water partition coefficient (Wildman–Crippen LogP) is 4.85. The van der Waals surface area contributed by atoms with Crippen LogP contribution in [0, 0.1) is 11.6 Å². The van der Waals surface area contributed by atoms with Crippen LogP contribution in [0.25, 0.3) is 0 Å². The van der Waals surface area contributed by atoms with Crippen LogP contribution in [0.1, 0.15) is 57.9 Å². The molecule has 0 aliphatic rings. The number of hydrogen-bond donors (Lipinski definition) is 1. The van der Waals surface area contributed by atoms with E-state index in [0.717, 1.165) is 12.6 Å². The van der Waals surface area contributed by atoms with Crippen LogP contribution in [-0.2, 0) is 6.42 Å². The van der Waals surface area contributed by atoms with Crippen molar-refractivity contribution in [2.45, 2.75) is 64.8 Å². The summed E-state index contributed by atoms with van der Waals surface area (Å²) < 4.78 is 26.0. The Bertz CT molecular complexity index is 359. The fourth-order valence-corrected chi connectivity index (χ4v) is 2.37. The van der Waals surface area contributed by atoms with Crippen LogP contribution >= 0.6 is 0 Å². The molecule has 0 aliphatic carbocycles. The van der Waals surface area contributed by atoms with Crippen LogP contribution in [0.2, 0.25) is 0 Å². The minimum atomic E-state index is -0.496. The average Bonchev–Trinajstić information content (AvgIpc) is 2.37. The second-order valence-corrected chi connectivity index (χ2v) is 5.59. The van der Waals surface area contributed by atoms with E-state index >= 15 is 0 Å². The number of halogens is 2. The lowest BCUT2D eigenvalue weighted by Gasteiger charge is -2.13. The molecule has 0 fully saturated rings. The van der Waals surface area contributed by atoms with E-state index in [4.69, 9.17) is 0 Å². The molecule has 0 bridgehead atoms. The van der Waals surface area contributed by atoms with Crippen molar-refractivity contribution in [1.82, 2.24) is 5.32 Å². The molecule has 1 atom stereocenters. The summed E-state index contributed by atoms with van der Waals surface area (Å²) in [4.78, 5) is 0. The summed E-state index contributed by atoms with van der Waals surface area (Å²) >= 11 is 0. The molecule has 1 aromatic carbocycles. The Hall–Kier alpha value is -0.960. The van der Waals surface area contributed by atoms with Crippen molar-refractivity contribution >= 4 is 0 Å². The molecule has 1 aromatic rings. The Morgan fingerprint density at radius 2 is 1.65 bits per heavy atom. The maximum Gasteiger partial charge on any atom is 0.126 e. The number of benzene rings is 1. The van der Waals surface area contributed by atoms with Gasteiger partial charge in [0.05, 0.1) is 0 Å². The van der Waals surface area contributed by atoms with E-state index in [-0.39, 0.29) is 0 Å². The molecule has 0 aliphatic heterocycles. The summed E-state index contributed by atoms with van der Waals surface area (Å²) in [5, 5.41) is 3.42. The Morgan fingerprint density at radius 1 is 1.00 bits per heavy atom. The Morgan fingerprint density at radius 3 is 2.30 bits per heavy atom. The van der Waals surface area contributed by atoms with E-state index in [0.29, 0.717) is 18.0 Å². The van der Waals surface area contributed by atoms with Crippen molar-refractivity contribution in [3.8, 4) is 0 Å². The zero-order valence-electron chi connectivity index (χ0n) is 12.7. The Kier molecular flexibility index (Phi) is 8.43. The molecule has 1 unspecified atom stereocenters. The first-order valence-corrected chi connectivity index (χ1v) is 7.80. The molecule has 0 amide bonds. The molecule has 20 heavy (non-hydrogen) atoms. The molecule has 1 rings (SSSR count). The number of rotatable bonds is 10. The van der Waals surface area contributed by atoms with Gasteiger partial charge in [-0.25, -0.2) is 8.78 Å². The van der Waals surface area contributed by atoms with Crippen LogP contribution in [0.4, 0.5) is 8.78 Å². The smallest absolute Gasteiger partial charge is 0.126 e. The lowest BCUT2D eigenvalue weighted by molar-refractivity contribution is 0.482. The fourth-order valence-electron chi connectivity index (χ4n) is 2.37. The summed E-state index contributed by atoms with van der Waals surface area (Å²) in [6.07, 6.45) is 8.31. The first-order chi connectivity index (χ1) is 9.61. The molecule has 0 radical (unpaired) electrons. The minimum Gasteiger partial charge on any atom is -0.314 e. The normalized spacial score (nSPS) is 12.6. The van der Waals surface area contributed by atoms with Crippen LogP contribution in [0.15, 0.2) is 18.2 Å². The van der Waals surface area contributed by atoms with Gasteiger partial charge in [-0.1, -0.05) is 39.0 Å². The quantitative estimate of drug-likeness (QED) is 0.605. The van der Waals surface area contributed by atoms with Gasteiger partial charge < -0.3 is 5.32 Å². The minimum absolute atomic E-state index is 0.468. The topological polar surface area (TPSA) is 12.0 Å². The molecule has 1 nitrogen and oxygen atoms in total. The van der Waals surface area contributed by atoms with Gasteiger partial charge in [-0.05, 0) is 44.0 Å². The van der Waals surface area contributed by atoms with E-state index < -0.39 is 11.6 Å². The van der Waals surface area contributed by atoms with Crippen LogP contribution in [-0.4, -0.2) is 12.6 Å². The van der Waals surface area contributed by atoms with Crippen molar-refractivity contribution in [2.75, 3.05) is 6.54 Å². The summed E-state index contributed by atoms with van der Waals surface area (Å²) in [6.45, 7) is 5.16. The van der Waals surface area contributed by atoms with Gasteiger partial charge in [0.2, 0.25) is 0 Å². The van der Waals surface area contributed by atoms with Gasteiger partial charge in [-0.3, -0.25) is 0 Å². The summed E-state index contributed by atoms with van der Waals surface area (Å²) in [7, 11) is 0. The highest BCUT2D eigenvalue weighted by atomic mass is 19.1. The van der Waals surface area contributed by atoms with E-state index in [2.05, 4.69) is 19.2 Å². The van der Waals surface area contributed by atoms with Gasteiger partial charge in [0, 0.05) is 12.1 Å². The number of unbranched alkanes of at least 4 members (excludes halogenated alkanes) is 4. The van der Waals surface area contributed by atoms with Gasteiger partial charge in [0.1, 0.15) is 11.6 Å². The zero-order chi connectivity index (χ0) is 14.8. The van der Waals surface area contributed by atoms with Gasteiger partial charge >= 0.3 is 0 Å². The molecular formula is C17H27F2N. The molecule has 114 valence electrons. The van der Waals surface area contributed by atoms with Gasteiger partial charge in [-0.15, -0.1) is 0 Å². The maximum atomic E-state index is 13.0. The number of hydrogen-bond acceptors (Lipinski definition) is 1. The lowest BCUT2D eigenvalue weighted by atomic mass is 10.1. The van der Waals surface area contributed by atoms with Gasteiger partial charge in [-0.2, -0.15) is 0 Å². The zero-order valence-corrected chi connectivity index (χ0v) is 12.7. The molecule has 0 saturated carbocycles. The number of nitrogens with one attached hydrogen (secondary N) is 1. The average molecular weight is 283 g/mol. The fraction of sp³-hybridized carbons (Fsp3) is 0.647. The highest BCUT2D eigenvalue weighted by Gasteiger charge is 2.03. The third kappa shape index (κ3) is 7.59. The highest BCUT2D eigenvalue weighted by molar-refractivity contribution is 5.18. The molecule has 0 spiro atoms. The standard InChI is InChI=1S/C17H27F2N/c1-3-4-5-6-7-8-14(2)20-10-9-15-11-16(18)13-17(19)12-15/h11-14,20H,3-10H2,1-2H3. The lowest BCUT2D eigenvalue weighted by Crippen LogP contribution is -2.28. The van der Waals surface area contributed by atoms with Crippen molar-refractivity contribution in [2.24, 2.45) is 0 Å². The summed E-state index contributed by atoms with van der Waals surface area (Å²) in [6, 6.07) is 4.19. The van der Waals surface area contributed by atoms with Crippen molar-refractivity contribution in [1.29, 1.82) is 0 Å². The molecule has 3 heteroatoms. The van der Waals surface area contributed by atoms with E-state index in [1.54, 1.807) is 0 Å². The first-order valence-electron chi connectivity index (χ1n) is 7.80. The van der Waals surface area contributed by atoms with E-state index in [1.807, 2.05) is 0 Å². The predicted molar refractivity (Wildman–Crippen MR) is 80.9 cm³/mol. The van der Waals surface area contributed by atoms with Crippen LogP contribution in [0.5, 0.6) is 0 Å². The third-order valence-corrected chi connectivity index (χ3v) is 3.57. The van der Waals surface area contributed by atoms with Gasteiger partial charge in [0.15, 0.2) is 0 Å². The monoisotopic (exact) mass is 283 g/mol. The van der Waals surface area contributed by atoms with Gasteiger partial charge in [0.25, 0.3) is 0 Å². The molecule has 0 saturated heterocycles. The highest BCUT2D eigenvalue weighted by Crippen LogP contribution is 2.09. The van der Waals surface area contributed by atoms with Crippen LogP contribution < -0.4 is 5.32 Å². The largest absolute Gasteiger partial charge is 0.314 e. The van der Waals surface area contributed by atoms with Crippen LogP contribution in [0.3, 0.4) is 0 Å². The first kappa shape index (κ1) is 17.1. The summed E-state index contributed by atoms with van der Waals surface area (Å²) in [5.41, 5.74) is 0.713. The Labute approximate surface area is 121 Å². The summed E-state index contributed by atoms with van der Waals surface area (Å²) in [5.74, 6) is -0.993. The molecule has 1 N–H and O–H groups in total. The second kappa shape index (κ2) is 9.87. The van der Waals surface area contributed by atoms with Crippen molar-refractivity contribution in [3.05, 3.63) is 35.4 Å². The molecule has 0 aromatic heterocycles. The van der Waals surface area contributed by atoms with Crippen molar-refractivity contribution in [3.63, 3.8) is 0 Å². The second-order valence-electron chi connectivity index (χ2n) is 5.59. The SMILES string of the molecule is CCCCCCCC(C)NCCc1cc(F)cc(F)c1. The molecular weight excluding hydrogens is 256 g/mol. The van der Waals surface area contributed by atoms with E-state index in [9.17, 15) is 8.78 Å². The molecule has 0 heterocycles. The Balaban J connectivity index is 2.13. The van der Waals surface area contributed by atoms with Crippen molar-refractivity contribution < 1.29 is 8.78 Å². The third-order valence-electron chi connectivity index (χ3n) is 3.57.